The lowest BCUT2D eigenvalue weighted by Gasteiger charge is -2.31. The van der Waals surface area contributed by atoms with Crippen LogP contribution in [0.15, 0.2) is 49.1 Å². The number of amides is 1. The molecule has 1 aliphatic rings. The lowest BCUT2D eigenvalue weighted by Crippen LogP contribution is -2.40. The van der Waals surface area contributed by atoms with Crippen LogP contribution in [-0.2, 0) is 11.8 Å². The van der Waals surface area contributed by atoms with E-state index in [1.54, 1.807) is 19.6 Å². The number of carbonyl (C=O) groups excluding carboxylic acids is 1. The molecule has 5 aromatic rings. The van der Waals surface area contributed by atoms with Gasteiger partial charge in [-0.05, 0) is 75.4 Å². The van der Waals surface area contributed by atoms with E-state index in [0.717, 1.165) is 68.9 Å². The molecule has 9 heteroatoms. The maximum atomic E-state index is 12.5. The molecule has 1 saturated heterocycles. The standard InChI is InChI=1S/C30H29N7O2/c1-5-7-27(38)36-13-6-8-22(16-36)37-30-28(20(3)31-17-32-30)29(34-37)21-9-12-26(19(2)14-21)39-23-10-11-25-24(15-23)33-18-35(25)4/h9-12,14-15,17-18,22H,6,8,13,16H2,1-4H3/t22-/m1/s1. The number of fused-ring (bicyclic) bond motifs is 2. The van der Waals surface area contributed by atoms with Crippen molar-refractivity contribution in [3.05, 3.63) is 60.3 Å². The van der Waals surface area contributed by atoms with Gasteiger partial charge in [-0.15, -0.1) is 0 Å². The molecule has 1 fully saturated rings. The number of hydrogen-bond acceptors (Lipinski definition) is 6. The average molecular weight is 520 g/mol. The van der Waals surface area contributed by atoms with Gasteiger partial charge < -0.3 is 14.2 Å². The van der Waals surface area contributed by atoms with Gasteiger partial charge in [-0.25, -0.2) is 19.6 Å². The summed E-state index contributed by atoms with van der Waals surface area (Å²) in [4.78, 5) is 27.8. The molecule has 0 aliphatic carbocycles. The minimum atomic E-state index is -0.141. The predicted octanol–water partition coefficient (Wildman–Crippen LogP) is 4.98. The highest BCUT2D eigenvalue weighted by Crippen LogP contribution is 2.35. The van der Waals surface area contributed by atoms with Gasteiger partial charge in [-0.2, -0.15) is 5.10 Å². The number of aromatic nitrogens is 6. The van der Waals surface area contributed by atoms with E-state index in [-0.39, 0.29) is 11.9 Å². The molecule has 0 saturated carbocycles. The second-order valence-electron chi connectivity index (χ2n) is 9.96. The highest BCUT2D eigenvalue weighted by atomic mass is 16.5. The minimum Gasteiger partial charge on any atom is -0.457 e. The third-order valence-corrected chi connectivity index (χ3v) is 7.31. The lowest BCUT2D eigenvalue weighted by molar-refractivity contribution is -0.126. The first kappa shape index (κ1) is 24.6. The molecule has 1 amide bonds. The normalized spacial score (nSPS) is 15.4. The summed E-state index contributed by atoms with van der Waals surface area (Å²) in [5, 5.41) is 5.98. The van der Waals surface area contributed by atoms with Gasteiger partial charge in [0.15, 0.2) is 5.65 Å². The van der Waals surface area contributed by atoms with E-state index in [1.165, 1.54) is 0 Å². The summed E-state index contributed by atoms with van der Waals surface area (Å²) in [6.07, 6.45) is 5.17. The van der Waals surface area contributed by atoms with Gasteiger partial charge in [-0.3, -0.25) is 4.79 Å². The molecule has 0 bridgehead atoms. The van der Waals surface area contributed by atoms with Crippen molar-refractivity contribution >= 4 is 28.0 Å². The van der Waals surface area contributed by atoms with E-state index in [2.05, 4.69) is 32.9 Å². The highest BCUT2D eigenvalue weighted by Gasteiger charge is 2.28. The first-order chi connectivity index (χ1) is 18.9. The number of hydrogen-bond donors (Lipinski definition) is 0. The fourth-order valence-corrected chi connectivity index (χ4v) is 5.32. The molecule has 4 heterocycles. The summed E-state index contributed by atoms with van der Waals surface area (Å²) >= 11 is 0. The maximum absolute atomic E-state index is 12.5. The zero-order chi connectivity index (χ0) is 27.1. The minimum absolute atomic E-state index is 0.0112. The molecule has 1 atom stereocenters. The van der Waals surface area contributed by atoms with Crippen molar-refractivity contribution in [2.75, 3.05) is 13.1 Å². The summed E-state index contributed by atoms with van der Waals surface area (Å²) in [5.74, 6) is 6.75. The molecule has 0 spiro atoms. The molecular formula is C30H29N7O2. The van der Waals surface area contributed by atoms with Crippen LogP contribution in [0, 0.1) is 25.7 Å². The zero-order valence-electron chi connectivity index (χ0n) is 22.5. The van der Waals surface area contributed by atoms with Crippen LogP contribution < -0.4 is 4.74 Å². The Bertz CT molecular complexity index is 1790. The Kier molecular flexibility index (Phi) is 6.23. The van der Waals surface area contributed by atoms with E-state index in [0.29, 0.717) is 13.1 Å². The Morgan fingerprint density at radius 2 is 1.97 bits per heavy atom. The van der Waals surface area contributed by atoms with Crippen molar-refractivity contribution in [3.63, 3.8) is 0 Å². The van der Waals surface area contributed by atoms with Crippen LogP contribution in [0.1, 0.15) is 37.1 Å². The van der Waals surface area contributed by atoms with Gasteiger partial charge in [0.25, 0.3) is 5.91 Å². The van der Waals surface area contributed by atoms with Crippen molar-refractivity contribution < 1.29 is 9.53 Å². The molecule has 1 aliphatic heterocycles. The van der Waals surface area contributed by atoms with Crippen LogP contribution >= 0.6 is 0 Å². The van der Waals surface area contributed by atoms with Crippen molar-refractivity contribution in [1.29, 1.82) is 0 Å². The van der Waals surface area contributed by atoms with Gasteiger partial charge >= 0.3 is 0 Å². The van der Waals surface area contributed by atoms with Crippen LogP contribution in [-0.4, -0.2) is 53.2 Å². The molecule has 39 heavy (non-hydrogen) atoms. The fraction of sp³-hybridized carbons (Fsp3) is 0.300. The first-order valence-electron chi connectivity index (χ1n) is 13.0. The topological polar surface area (TPSA) is 91.0 Å². The maximum Gasteiger partial charge on any atom is 0.298 e. The van der Waals surface area contributed by atoms with E-state index < -0.39 is 0 Å². The average Bonchev–Trinajstić information content (AvgIpc) is 3.51. The van der Waals surface area contributed by atoms with Crippen molar-refractivity contribution in [1.82, 2.24) is 34.2 Å². The monoisotopic (exact) mass is 519 g/mol. The van der Waals surface area contributed by atoms with Crippen molar-refractivity contribution in [2.24, 2.45) is 7.05 Å². The summed E-state index contributed by atoms with van der Waals surface area (Å²) in [7, 11) is 1.97. The van der Waals surface area contributed by atoms with Crippen molar-refractivity contribution in [3.8, 4) is 34.6 Å². The quantitative estimate of drug-likeness (QED) is 0.311. The number of piperidine rings is 1. The summed E-state index contributed by atoms with van der Waals surface area (Å²) in [6, 6.07) is 12.0. The first-order valence-corrected chi connectivity index (χ1v) is 13.0. The van der Waals surface area contributed by atoms with Crippen LogP contribution in [0.25, 0.3) is 33.3 Å². The second kappa shape index (κ2) is 9.87. The number of ether oxygens (including phenoxy) is 1. The molecule has 0 N–H and O–H groups in total. The number of aryl methyl sites for hydroxylation is 3. The van der Waals surface area contributed by atoms with Gasteiger partial charge in [0, 0.05) is 31.8 Å². The largest absolute Gasteiger partial charge is 0.457 e. The Morgan fingerprint density at radius 1 is 1.10 bits per heavy atom. The lowest BCUT2D eigenvalue weighted by atomic mass is 10.0. The number of likely N-dealkylation sites (tertiary alicyclic amines) is 1. The summed E-state index contributed by atoms with van der Waals surface area (Å²) in [5.41, 5.74) is 6.35. The number of carbonyl (C=O) groups is 1. The number of rotatable bonds is 4. The second-order valence-corrected chi connectivity index (χ2v) is 9.96. The summed E-state index contributed by atoms with van der Waals surface area (Å²) in [6.45, 7) is 6.95. The van der Waals surface area contributed by atoms with Gasteiger partial charge in [-0.1, -0.05) is 5.92 Å². The third kappa shape index (κ3) is 4.48. The van der Waals surface area contributed by atoms with E-state index in [1.807, 2.05) is 65.4 Å². The molecule has 196 valence electrons. The predicted molar refractivity (Wildman–Crippen MR) is 149 cm³/mol. The smallest absolute Gasteiger partial charge is 0.298 e. The molecule has 6 rings (SSSR count). The Balaban J connectivity index is 1.34. The molecule has 3 aromatic heterocycles. The van der Waals surface area contributed by atoms with Crippen LogP contribution in [0.3, 0.4) is 0 Å². The molecule has 0 unspecified atom stereocenters. The molecule has 9 nitrogen and oxygen atoms in total. The third-order valence-electron chi connectivity index (χ3n) is 7.31. The van der Waals surface area contributed by atoms with E-state index >= 15 is 0 Å². The number of imidazole rings is 1. The number of benzene rings is 2. The van der Waals surface area contributed by atoms with E-state index in [4.69, 9.17) is 9.84 Å². The van der Waals surface area contributed by atoms with Gasteiger partial charge in [0.1, 0.15) is 23.5 Å². The Labute approximate surface area is 226 Å². The Hall–Kier alpha value is -4.71. The van der Waals surface area contributed by atoms with E-state index in [9.17, 15) is 4.79 Å². The molecular weight excluding hydrogens is 490 g/mol. The molecule has 2 aromatic carbocycles. The number of nitrogens with zero attached hydrogens (tertiary/aromatic N) is 7. The van der Waals surface area contributed by atoms with Crippen LogP contribution in [0.4, 0.5) is 0 Å². The van der Waals surface area contributed by atoms with Gasteiger partial charge in [0.05, 0.1) is 34.5 Å². The fourth-order valence-electron chi connectivity index (χ4n) is 5.32. The molecule has 0 radical (unpaired) electrons. The SMILES string of the molecule is CC#CC(=O)N1CCC[C@@H](n2nc(-c3ccc(Oc4ccc5c(c4)ncn5C)c(C)c3)c3c(C)ncnc32)C1. The Morgan fingerprint density at radius 3 is 2.79 bits per heavy atom. The highest BCUT2D eigenvalue weighted by molar-refractivity contribution is 5.94. The van der Waals surface area contributed by atoms with Gasteiger partial charge in [0.2, 0.25) is 0 Å². The van der Waals surface area contributed by atoms with Crippen LogP contribution in [0.5, 0.6) is 11.5 Å². The van der Waals surface area contributed by atoms with Crippen LogP contribution in [0.2, 0.25) is 0 Å². The summed E-state index contributed by atoms with van der Waals surface area (Å²) < 4.78 is 10.2. The van der Waals surface area contributed by atoms with Crippen molar-refractivity contribution in [2.45, 2.75) is 39.7 Å². The zero-order valence-corrected chi connectivity index (χ0v) is 22.5.